The van der Waals surface area contributed by atoms with Crippen molar-refractivity contribution in [3.63, 3.8) is 0 Å². The van der Waals surface area contributed by atoms with Crippen molar-refractivity contribution in [3.05, 3.63) is 59.7 Å². The molecule has 0 spiro atoms. The van der Waals surface area contributed by atoms with E-state index < -0.39 is 0 Å². The minimum absolute atomic E-state index is 0.108. The molecule has 0 aliphatic heterocycles. The predicted octanol–water partition coefficient (Wildman–Crippen LogP) is 2.63. The average molecular weight is 271 g/mol. The number of hydrogen-bond donors (Lipinski definition) is 1. The van der Waals surface area contributed by atoms with E-state index in [1.165, 1.54) is 0 Å². The number of ether oxygens (including phenoxy) is 2. The molecule has 104 valence electrons. The minimum atomic E-state index is -0.108. The molecule has 0 saturated carbocycles. The predicted molar refractivity (Wildman–Crippen MR) is 77.2 cm³/mol. The van der Waals surface area contributed by atoms with Crippen LogP contribution in [0.1, 0.15) is 15.9 Å². The highest BCUT2D eigenvalue weighted by molar-refractivity contribution is 5.94. The van der Waals surface area contributed by atoms with E-state index in [1.54, 1.807) is 32.4 Å². The molecule has 0 saturated heterocycles. The molecule has 0 heterocycles. The van der Waals surface area contributed by atoms with Crippen LogP contribution in [0.15, 0.2) is 48.5 Å². The van der Waals surface area contributed by atoms with Gasteiger partial charge >= 0.3 is 0 Å². The first kappa shape index (κ1) is 13.9. The van der Waals surface area contributed by atoms with Gasteiger partial charge in [0.25, 0.3) is 5.91 Å². The Morgan fingerprint density at radius 2 is 1.80 bits per heavy atom. The molecule has 0 aliphatic rings. The molecule has 1 N–H and O–H groups in total. The lowest BCUT2D eigenvalue weighted by Gasteiger charge is -2.11. The molecule has 0 unspecified atom stereocenters. The smallest absolute Gasteiger partial charge is 0.251 e. The van der Waals surface area contributed by atoms with E-state index in [1.807, 2.05) is 30.3 Å². The van der Waals surface area contributed by atoms with E-state index in [-0.39, 0.29) is 5.91 Å². The monoisotopic (exact) mass is 271 g/mol. The summed E-state index contributed by atoms with van der Waals surface area (Å²) in [5, 5.41) is 2.87. The van der Waals surface area contributed by atoms with Crippen LogP contribution in [0.25, 0.3) is 0 Å². The molecule has 2 aromatic rings. The standard InChI is InChI=1S/C16H17NO3/c1-19-14-9-8-13(15(10-14)20-2)11-17-16(18)12-6-4-3-5-7-12/h3-10H,11H2,1-2H3,(H,17,18). The van der Waals surface area contributed by atoms with E-state index in [4.69, 9.17) is 9.47 Å². The summed E-state index contributed by atoms with van der Waals surface area (Å²) in [6.07, 6.45) is 0. The molecule has 0 atom stereocenters. The van der Waals surface area contributed by atoms with Gasteiger partial charge in [-0.15, -0.1) is 0 Å². The fourth-order valence-corrected chi connectivity index (χ4v) is 1.86. The van der Waals surface area contributed by atoms with Gasteiger partial charge in [0.2, 0.25) is 0 Å². The molecule has 0 aliphatic carbocycles. The van der Waals surface area contributed by atoms with Crippen molar-refractivity contribution in [1.29, 1.82) is 0 Å². The Hall–Kier alpha value is -2.49. The van der Waals surface area contributed by atoms with Crippen molar-refractivity contribution >= 4 is 5.91 Å². The Bertz CT molecular complexity index is 582. The van der Waals surface area contributed by atoms with Gasteiger partial charge in [-0.3, -0.25) is 4.79 Å². The van der Waals surface area contributed by atoms with Crippen LogP contribution in [-0.2, 0) is 6.54 Å². The summed E-state index contributed by atoms with van der Waals surface area (Å²) in [5.41, 5.74) is 1.54. The molecule has 0 fully saturated rings. The summed E-state index contributed by atoms with van der Waals surface area (Å²) in [5.74, 6) is 1.31. The topological polar surface area (TPSA) is 47.6 Å². The zero-order valence-electron chi connectivity index (χ0n) is 11.6. The van der Waals surface area contributed by atoms with Gasteiger partial charge in [-0.1, -0.05) is 18.2 Å². The Morgan fingerprint density at radius 3 is 2.45 bits per heavy atom. The molecule has 20 heavy (non-hydrogen) atoms. The van der Waals surface area contributed by atoms with Gasteiger partial charge in [0, 0.05) is 23.7 Å². The van der Waals surface area contributed by atoms with Crippen LogP contribution in [0.3, 0.4) is 0 Å². The summed E-state index contributed by atoms with van der Waals surface area (Å²) < 4.78 is 10.4. The van der Waals surface area contributed by atoms with E-state index >= 15 is 0 Å². The lowest BCUT2D eigenvalue weighted by atomic mass is 10.1. The number of nitrogens with one attached hydrogen (secondary N) is 1. The number of benzene rings is 2. The molecule has 0 radical (unpaired) electrons. The maximum atomic E-state index is 12.0. The highest BCUT2D eigenvalue weighted by Crippen LogP contribution is 2.24. The molecule has 0 aromatic heterocycles. The van der Waals surface area contributed by atoms with Crippen molar-refractivity contribution < 1.29 is 14.3 Å². The third-order valence-corrected chi connectivity index (χ3v) is 2.97. The van der Waals surface area contributed by atoms with Crippen molar-refractivity contribution in [1.82, 2.24) is 5.32 Å². The lowest BCUT2D eigenvalue weighted by Crippen LogP contribution is -2.22. The minimum Gasteiger partial charge on any atom is -0.497 e. The number of hydrogen-bond acceptors (Lipinski definition) is 3. The maximum absolute atomic E-state index is 12.0. The Kier molecular flexibility index (Phi) is 4.60. The van der Waals surface area contributed by atoms with E-state index in [9.17, 15) is 4.79 Å². The summed E-state index contributed by atoms with van der Waals surface area (Å²) in [6, 6.07) is 14.6. The van der Waals surface area contributed by atoms with Gasteiger partial charge in [-0.05, 0) is 24.3 Å². The second-order valence-corrected chi connectivity index (χ2v) is 4.23. The second-order valence-electron chi connectivity index (χ2n) is 4.23. The maximum Gasteiger partial charge on any atom is 0.251 e. The molecule has 4 nitrogen and oxygen atoms in total. The third-order valence-electron chi connectivity index (χ3n) is 2.97. The first-order valence-corrected chi connectivity index (χ1v) is 6.28. The molecule has 2 rings (SSSR count). The zero-order chi connectivity index (χ0) is 14.4. The normalized spacial score (nSPS) is 9.90. The van der Waals surface area contributed by atoms with E-state index in [2.05, 4.69) is 5.32 Å². The fraction of sp³-hybridized carbons (Fsp3) is 0.188. The lowest BCUT2D eigenvalue weighted by molar-refractivity contribution is 0.0950. The number of methoxy groups -OCH3 is 2. The highest BCUT2D eigenvalue weighted by atomic mass is 16.5. The van der Waals surface area contributed by atoms with Crippen LogP contribution in [0.2, 0.25) is 0 Å². The van der Waals surface area contributed by atoms with Crippen LogP contribution in [0, 0.1) is 0 Å². The number of carbonyl (C=O) groups excluding carboxylic acids is 1. The van der Waals surface area contributed by atoms with Gasteiger partial charge in [0.15, 0.2) is 0 Å². The van der Waals surface area contributed by atoms with Crippen molar-refractivity contribution in [2.45, 2.75) is 6.54 Å². The van der Waals surface area contributed by atoms with E-state index in [0.29, 0.717) is 17.9 Å². The first-order valence-electron chi connectivity index (χ1n) is 6.28. The van der Waals surface area contributed by atoms with E-state index in [0.717, 1.165) is 11.3 Å². The molecule has 0 bridgehead atoms. The van der Waals surface area contributed by atoms with Crippen LogP contribution >= 0.6 is 0 Å². The molecule has 4 heteroatoms. The van der Waals surface area contributed by atoms with Crippen LogP contribution in [0.4, 0.5) is 0 Å². The number of carbonyl (C=O) groups is 1. The summed E-state index contributed by atoms with van der Waals surface area (Å²) in [4.78, 5) is 12.0. The second kappa shape index (κ2) is 6.61. The Morgan fingerprint density at radius 1 is 1.05 bits per heavy atom. The largest absolute Gasteiger partial charge is 0.497 e. The average Bonchev–Trinajstić information content (AvgIpc) is 2.53. The van der Waals surface area contributed by atoms with Gasteiger partial charge in [-0.2, -0.15) is 0 Å². The first-order chi connectivity index (χ1) is 9.74. The van der Waals surface area contributed by atoms with Crippen molar-refractivity contribution in [3.8, 4) is 11.5 Å². The number of amides is 1. The zero-order valence-corrected chi connectivity index (χ0v) is 11.6. The van der Waals surface area contributed by atoms with Crippen molar-refractivity contribution in [2.24, 2.45) is 0 Å². The summed E-state index contributed by atoms with van der Waals surface area (Å²) in [6.45, 7) is 0.404. The van der Waals surface area contributed by atoms with Crippen LogP contribution in [-0.4, -0.2) is 20.1 Å². The van der Waals surface area contributed by atoms with Gasteiger partial charge in [-0.25, -0.2) is 0 Å². The third kappa shape index (κ3) is 3.29. The van der Waals surface area contributed by atoms with Crippen LogP contribution < -0.4 is 14.8 Å². The van der Waals surface area contributed by atoms with Crippen molar-refractivity contribution in [2.75, 3.05) is 14.2 Å². The summed E-state index contributed by atoms with van der Waals surface area (Å²) in [7, 11) is 3.20. The summed E-state index contributed by atoms with van der Waals surface area (Å²) >= 11 is 0. The number of rotatable bonds is 5. The Balaban J connectivity index is 2.05. The fourth-order valence-electron chi connectivity index (χ4n) is 1.86. The Labute approximate surface area is 118 Å². The van der Waals surface area contributed by atoms with Gasteiger partial charge in [0.05, 0.1) is 14.2 Å². The van der Waals surface area contributed by atoms with Gasteiger partial charge < -0.3 is 14.8 Å². The van der Waals surface area contributed by atoms with Crippen LogP contribution in [0.5, 0.6) is 11.5 Å². The quantitative estimate of drug-likeness (QED) is 0.909. The molecule has 2 aromatic carbocycles. The van der Waals surface area contributed by atoms with Gasteiger partial charge in [0.1, 0.15) is 11.5 Å². The highest BCUT2D eigenvalue weighted by Gasteiger charge is 2.08. The molecular formula is C16H17NO3. The SMILES string of the molecule is COc1ccc(CNC(=O)c2ccccc2)c(OC)c1. The molecule has 1 amide bonds. The molecular weight excluding hydrogens is 254 g/mol.